The van der Waals surface area contributed by atoms with Crippen LogP contribution in [0.2, 0.25) is 5.02 Å². The molecule has 0 unspecified atom stereocenters. The van der Waals surface area contributed by atoms with Crippen molar-refractivity contribution in [1.82, 2.24) is 15.4 Å². The summed E-state index contributed by atoms with van der Waals surface area (Å²) < 4.78 is 32.9. The summed E-state index contributed by atoms with van der Waals surface area (Å²) in [6.45, 7) is 4.94. The Kier molecular flexibility index (Phi) is 9.42. The molecule has 0 bridgehead atoms. The van der Waals surface area contributed by atoms with Gasteiger partial charge in [0.1, 0.15) is 5.75 Å². The SMILES string of the molecule is Cc1ccc(C)c(S(=O)(=O)NCCNC(=O)NCCCCOc2ccc(Cl)cc2)c1. The smallest absolute Gasteiger partial charge is 0.314 e. The van der Waals surface area contributed by atoms with Gasteiger partial charge in [0, 0.05) is 24.7 Å². The molecule has 7 nitrogen and oxygen atoms in total. The normalized spacial score (nSPS) is 11.2. The molecule has 0 fully saturated rings. The summed E-state index contributed by atoms with van der Waals surface area (Å²) >= 11 is 5.82. The molecule has 0 radical (unpaired) electrons. The molecule has 0 spiro atoms. The zero-order valence-corrected chi connectivity index (χ0v) is 18.8. The van der Waals surface area contributed by atoms with Gasteiger partial charge in [0.05, 0.1) is 11.5 Å². The van der Waals surface area contributed by atoms with Gasteiger partial charge in [-0.25, -0.2) is 17.9 Å². The summed E-state index contributed by atoms with van der Waals surface area (Å²) in [5.41, 5.74) is 1.55. The summed E-state index contributed by atoms with van der Waals surface area (Å²) in [7, 11) is -3.61. The van der Waals surface area contributed by atoms with E-state index in [1.54, 1.807) is 31.2 Å². The third-order valence-corrected chi connectivity index (χ3v) is 6.13. The minimum Gasteiger partial charge on any atom is -0.494 e. The highest BCUT2D eigenvalue weighted by Crippen LogP contribution is 2.16. The predicted octanol–water partition coefficient (Wildman–Crippen LogP) is 3.39. The van der Waals surface area contributed by atoms with Crippen molar-refractivity contribution < 1.29 is 17.9 Å². The molecule has 0 heterocycles. The van der Waals surface area contributed by atoms with E-state index < -0.39 is 10.0 Å². The van der Waals surface area contributed by atoms with Crippen LogP contribution >= 0.6 is 11.6 Å². The number of sulfonamides is 1. The van der Waals surface area contributed by atoms with Crippen molar-refractivity contribution in [3.05, 3.63) is 58.6 Å². The molecule has 0 aliphatic carbocycles. The zero-order valence-electron chi connectivity index (χ0n) is 17.2. The van der Waals surface area contributed by atoms with Crippen LogP contribution in [0.5, 0.6) is 5.75 Å². The Hall–Kier alpha value is -2.29. The molecule has 9 heteroatoms. The first kappa shape index (κ1) is 24.0. The van der Waals surface area contributed by atoms with Crippen molar-refractivity contribution in [2.24, 2.45) is 0 Å². The largest absolute Gasteiger partial charge is 0.494 e. The van der Waals surface area contributed by atoms with E-state index >= 15 is 0 Å². The minimum absolute atomic E-state index is 0.109. The standard InChI is InChI=1S/C21H28ClN3O4S/c1-16-5-6-17(2)20(15-16)30(27,28)25-13-12-24-21(26)23-11-3-4-14-29-19-9-7-18(22)8-10-19/h5-10,15,25H,3-4,11-14H2,1-2H3,(H2,23,24,26). The molecule has 0 saturated heterocycles. The van der Waals surface area contributed by atoms with Crippen LogP contribution in [0, 0.1) is 13.8 Å². The Labute approximate surface area is 183 Å². The Balaban J connectivity index is 1.56. The lowest BCUT2D eigenvalue weighted by atomic mass is 10.2. The number of benzene rings is 2. The second-order valence-electron chi connectivity index (χ2n) is 6.86. The lowest BCUT2D eigenvalue weighted by Crippen LogP contribution is -2.40. The van der Waals surface area contributed by atoms with E-state index in [-0.39, 0.29) is 24.0 Å². The number of carbonyl (C=O) groups excluding carboxylic acids is 1. The first-order chi connectivity index (χ1) is 14.3. The molecule has 30 heavy (non-hydrogen) atoms. The van der Waals surface area contributed by atoms with Crippen LogP contribution in [0.1, 0.15) is 24.0 Å². The highest BCUT2D eigenvalue weighted by molar-refractivity contribution is 7.89. The maximum Gasteiger partial charge on any atom is 0.314 e. The number of hydrogen-bond donors (Lipinski definition) is 3. The molecule has 2 aromatic rings. The minimum atomic E-state index is -3.61. The topological polar surface area (TPSA) is 96.5 Å². The van der Waals surface area contributed by atoms with Crippen molar-refractivity contribution >= 4 is 27.7 Å². The average molecular weight is 454 g/mol. The van der Waals surface area contributed by atoms with Crippen LogP contribution in [-0.2, 0) is 10.0 Å². The lowest BCUT2D eigenvalue weighted by Gasteiger charge is -2.11. The second-order valence-corrected chi connectivity index (χ2v) is 9.03. The van der Waals surface area contributed by atoms with Gasteiger partial charge in [-0.15, -0.1) is 0 Å². The third kappa shape index (κ3) is 8.22. The maximum atomic E-state index is 12.4. The molecule has 2 rings (SSSR count). The van der Waals surface area contributed by atoms with Crippen molar-refractivity contribution in [2.45, 2.75) is 31.6 Å². The van der Waals surface area contributed by atoms with Crippen LogP contribution in [0.3, 0.4) is 0 Å². The molecule has 0 atom stereocenters. The summed E-state index contributed by atoms with van der Waals surface area (Å²) in [5, 5.41) is 6.03. The first-order valence-electron chi connectivity index (χ1n) is 9.75. The van der Waals surface area contributed by atoms with Crippen LogP contribution in [-0.4, -0.2) is 40.7 Å². The number of amides is 2. The predicted molar refractivity (Wildman–Crippen MR) is 119 cm³/mol. The Morgan fingerprint density at radius 2 is 1.67 bits per heavy atom. The summed E-state index contributed by atoms with van der Waals surface area (Å²) in [4.78, 5) is 12.0. The van der Waals surface area contributed by atoms with E-state index in [2.05, 4.69) is 15.4 Å². The number of halogens is 1. The molecule has 0 saturated carbocycles. The van der Waals surface area contributed by atoms with Gasteiger partial charge in [0.2, 0.25) is 10.0 Å². The second kappa shape index (κ2) is 11.8. The number of hydrogen-bond acceptors (Lipinski definition) is 4. The van der Waals surface area contributed by atoms with Crippen LogP contribution in [0.25, 0.3) is 0 Å². The van der Waals surface area contributed by atoms with Crippen LogP contribution in [0.15, 0.2) is 47.4 Å². The lowest BCUT2D eigenvalue weighted by molar-refractivity contribution is 0.240. The van der Waals surface area contributed by atoms with E-state index in [1.807, 2.05) is 25.1 Å². The monoisotopic (exact) mass is 453 g/mol. The number of ether oxygens (including phenoxy) is 1. The highest BCUT2D eigenvalue weighted by Gasteiger charge is 2.16. The van der Waals surface area contributed by atoms with Gasteiger partial charge in [-0.1, -0.05) is 23.7 Å². The fraction of sp³-hybridized carbons (Fsp3) is 0.381. The molecule has 3 N–H and O–H groups in total. The van der Waals surface area contributed by atoms with Gasteiger partial charge in [-0.3, -0.25) is 0 Å². The number of aryl methyl sites for hydroxylation is 2. The first-order valence-corrected chi connectivity index (χ1v) is 11.6. The van der Waals surface area contributed by atoms with Gasteiger partial charge in [0.15, 0.2) is 0 Å². The summed E-state index contributed by atoms with van der Waals surface area (Å²) in [5.74, 6) is 0.758. The number of urea groups is 1. The Bertz CT molecular complexity index is 934. The van der Waals surface area contributed by atoms with Gasteiger partial charge in [-0.05, 0) is 68.1 Å². The molecule has 0 aliphatic rings. The average Bonchev–Trinajstić information content (AvgIpc) is 2.71. The summed E-state index contributed by atoms with van der Waals surface area (Å²) in [6, 6.07) is 12.1. The van der Waals surface area contributed by atoms with E-state index in [9.17, 15) is 13.2 Å². The zero-order chi connectivity index (χ0) is 22.0. The highest BCUT2D eigenvalue weighted by atomic mass is 35.5. The van der Waals surface area contributed by atoms with Crippen molar-refractivity contribution in [2.75, 3.05) is 26.2 Å². The van der Waals surface area contributed by atoms with Gasteiger partial charge in [0.25, 0.3) is 0 Å². The molecular weight excluding hydrogens is 426 g/mol. The number of unbranched alkanes of at least 4 members (excludes halogenated alkanes) is 1. The number of nitrogens with one attached hydrogen (secondary N) is 3. The van der Waals surface area contributed by atoms with E-state index in [4.69, 9.17) is 16.3 Å². The molecule has 0 aliphatic heterocycles. The Morgan fingerprint density at radius 1 is 0.967 bits per heavy atom. The molecular formula is C21H28ClN3O4S. The summed E-state index contributed by atoms with van der Waals surface area (Å²) in [6.07, 6.45) is 1.55. The van der Waals surface area contributed by atoms with E-state index in [1.165, 1.54) is 0 Å². The molecule has 0 aromatic heterocycles. The molecule has 2 aromatic carbocycles. The maximum absolute atomic E-state index is 12.4. The Morgan fingerprint density at radius 3 is 2.40 bits per heavy atom. The van der Waals surface area contributed by atoms with Crippen LogP contribution < -0.4 is 20.1 Å². The van der Waals surface area contributed by atoms with Gasteiger partial charge in [-0.2, -0.15) is 0 Å². The fourth-order valence-corrected chi connectivity index (χ4v) is 4.13. The molecule has 164 valence electrons. The molecule has 2 amide bonds. The van der Waals surface area contributed by atoms with Crippen molar-refractivity contribution in [3.8, 4) is 5.75 Å². The quantitative estimate of drug-likeness (QED) is 0.454. The van der Waals surface area contributed by atoms with Gasteiger partial charge >= 0.3 is 6.03 Å². The van der Waals surface area contributed by atoms with Crippen molar-refractivity contribution in [3.63, 3.8) is 0 Å². The van der Waals surface area contributed by atoms with Crippen molar-refractivity contribution in [1.29, 1.82) is 0 Å². The fourth-order valence-electron chi connectivity index (χ4n) is 2.65. The number of carbonyl (C=O) groups is 1. The van der Waals surface area contributed by atoms with Crippen LogP contribution in [0.4, 0.5) is 4.79 Å². The van der Waals surface area contributed by atoms with Gasteiger partial charge < -0.3 is 15.4 Å². The van der Waals surface area contributed by atoms with E-state index in [0.29, 0.717) is 23.7 Å². The number of rotatable bonds is 11. The van der Waals surface area contributed by atoms with E-state index in [0.717, 1.165) is 24.2 Å². The third-order valence-electron chi connectivity index (χ3n) is 4.27.